The third-order valence-electron chi connectivity index (χ3n) is 1.53. The Morgan fingerprint density at radius 3 is 3.40 bits per heavy atom. The minimum atomic E-state index is -0.00926. The molecule has 1 N–H and O–H groups in total. The molecular weight excluding hydrogens is 148 g/mol. The maximum absolute atomic E-state index is 11.0. The quantitative estimate of drug-likeness (QED) is 0.539. The number of amides is 1. The smallest absolute Gasteiger partial charge is 0.239 e. The van der Waals surface area contributed by atoms with Crippen LogP contribution in [0.25, 0.3) is 0 Å². The van der Waals surface area contributed by atoms with Crippen molar-refractivity contribution in [2.24, 2.45) is 4.99 Å². The third-order valence-corrected chi connectivity index (χ3v) is 2.56. The van der Waals surface area contributed by atoms with E-state index in [1.165, 1.54) is 11.8 Å². The molecule has 2 rings (SSSR count). The van der Waals surface area contributed by atoms with Gasteiger partial charge in [-0.1, -0.05) is 11.8 Å². The second-order valence-corrected chi connectivity index (χ2v) is 3.16. The van der Waals surface area contributed by atoms with Crippen LogP contribution in [0.1, 0.15) is 0 Å². The third kappa shape index (κ3) is 0.759. The summed E-state index contributed by atoms with van der Waals surface area (Å²) in [5.74, 6) is 0.0648. The Labute approximate surface area is 62.6 Å². The normalized spacial score (nSPS) is 35.8. The maximum Gasteiger partial charge on any atom is 0.239 e. The van der Waals surface area contributed by atoms with Crippen LogP contribution in [-0.4, -0.2) is 22.7 Å². The number of carbonyl (C=O) groups is 1. The summed E-state index contributed by atoms with van der Waals surface area (Å²) in [5.41, 5.74) is 1.74. The van der Waals surface area contributed by atoms with Crippen LogP contribution in [0.5, 0.6) is 0 Å². The van der Waals surface area contributed by atoms with Crippen molar-refractivity contribution in [3.8, 4) is 0 Å². The van der Waals surface area contributed by atoms with Crippen LogP contribution in [-0.2, 0) is 4.79 Å². The minimum Gasteiger partial charge on any atom is -0.332 e. The molecule has 10 heavy (non-hydrogen) atoms. The molecule has 2 aliphatic rings. The standard InChI is InChI=1S/C6H6N2OS/c9-6-5-4(1-2-7-6)8-3-10-5/h1-5H,(H,7,9). The van der Waals surface area contributed by atoms with Crippen molar-refractivity contribution in [2.75, 3.05) is 0 Å². The van der Waals surface area contributed by atoms with Gasteiger partial charge in [-0.15, -0.1) is 0 Å². The number of nitrogens with one attached hydrogen (secondary N) is 1. The van der Waals surface area contributed by atoms with Crippen LogP contribution in [0.3, 0.4) is 0 Å². The lowest BCUT2D eigenvalue weighted by Crippen LogP contribution is -2.37. The molecule has 0 aromatic carbocycles. The van der Waals surface area contributed by atoms with Gasteiger partial charge in [0.1, 0.15) is 5.25 Å². The van der Waals surface area contributed by atoms with Gasteiger partial charge < -0.3 is 5.32 Å². The van der Waals surface area contributed by atoms with Crippen molar-refractivity contribution in [1.29, 1.82) is 0 Å². The first kappa shape index (κ1) is 5.97. The fraction of sp³-hybridized carbons (Fsp3) is 0.333. The lowest BCUT2D eigenvalue weighted by Gasteiger charge is -2.16. The van der Waals surface area contributed by atoms with Crippen LogP contribution in [0.2, 0.25) is 0 Å². The molecular formula is C6H6N2OS. The van der Waals surface area contributed by atoms with Gasteiger partial charge in [-0.3, -0.25) is 9.79 Å². The molecule has 2 aliphatic heterocycles. The summed E-state index contributed by atoms with van der Waals surface area (Å²) in [6.45, 7) is 0. The van der Waals surface area contributed by atoms with Gasteiger partial charge in [0.2, 0.25) is 5.91 Å². The summed E-state index contributed by atoms with van der Waals surface area (Å²) in [6.07, 6.45) is 3.56. The number of thioether (sulfide) groups is 1. The Kier molecular flexibility index (Phi) is 1.27. The van der Waals surface area contributed by atoms with E-state index in [-0.39, 0.29) is 17.2 Å². The maximum atomic E-state index is 11.0. The Hall–Kier alpha value is -0.770. The second kappa shape index (κ2) is 2.12. The second-order valence-electron chi connectivity index (χ2n) is 2.17. The number of nitrogens with zero attached hydrogens (tertiary/aromatic N) is 1. The van der Waals surface area contributed by atoms with Crippen LogP contribution < -0.4 is 5.32 Å². The highest BCUT2D eigenvalue weighted by Crippen LogP contribution is 2.24. The molecule has 0 aliphatic carbocycles. The van der Waals surface area contributed by atoms with Gasteiger partial charge in [0.05, 0.1) is 11.6 Å². The molecule has 0 fully saturated rings. The molecule has 0 bridgehead atoms. The van der Waals surface area contributed by atoms with Gasteiger partial charge in [-0.2, -0.15) is 0 Å². The first-order valence-corrected chi connectivity index (χ1v) is 3.96. The summed E-state index contributed by atoms with van der Waals surface area (Å²) in [5, 5.41) is 2.62. The molecule has 2 unspecified atom stereocenters. The van der Waals surface area contributed by atoms with Gasteiger partial charge in [0.25, 0.3) is 0 Å². The predicted molar refractivity (Wildman–Crippen MR) is 40.9 cm³/mol. The number of hydrogen-bond acceptors (Lipinski definition) is 3. The molecule has 0 spiro atoms. The van der Waals surface area contributed by atoms with Gasteiger partial charge in [-0.05, 0) is 6.08 Å². The van der Waals surface area contributed by atoms with E-state index in [2.05, 4.69) is 10.3 Å². The number of rotatable bonds is 0. The van der Waals surface area contributed by atoms with Gasteiger partial charge >= 0.3 is 0 Å². The van der Waals surface area contributed by atoms with E-state index in [0.717, 1.165) is 0 Å². The van der Waals surface area contributed by atoms with E-state index in [1.807, 2.05) is 6.08 Å². The summed E-state index contributed by atoms with van der Waals surface area (Å²) in [7, 11) is 0. The average Bonchev–Trinajstić information content (AvgIpc) is 2.36. The Balaban J connectivity index is 2.27. The minimum absolute atomic E-state index is 0.00926. The zero-order valence-electron chi connectivity index (χ0n) is 5.15. The topological polar surface area (TPSA) is 41.5 Å². The average molecular weight is 154 g/mol. The fourth-order valence-corrected chi connectivity index (χ4v) is 1.86. The van der Waals surface area contributed by atoms with Gasteiger partial charge in [0.15, 0.2) is 0 Å². The van der Waals surface area contributed by atoms with E-state index >= 15 is 0 Å². The highest BCUT2D eigenvalue weighted by Gasteiger charge is 2.31. The number of fused-ring (bicyclic) bond motifs is 1. The molecule has 0 saturated heterocycles. The number of aliphatic imine (C=N–C) groups is 1. The Morgan fingerprint density at radius 2 is 2.60 bits per heavy atom. The molecule has 2 heterocycles. The van der Waals surface area contributed by atoms with Gasteiger partial charge in [0, 0.05) is 6.20 Å². The van der Waals surface area contributed by atoms with E-state index < -0.39 is 0 Å². The van der Waals surface area contributed by atoms with Crippen molar-refractivity contribution in [1.82, 2.24) is 5.32 Å². The summed E-state index contributed by atoms with van der Waals surface area (Å²) in [4.78, 5) is 15.1. The van der Waals surface area contributed by atoms with Crippen molar-refractivity contribution in [3.05, 3.63) is 12.3 Å². The van der Waals surface area contributed by atoms with E-state index in [1.54, 1.807) is 11.7 Å². The zero-order chi connectivity index (χ0) is 6.97. The van der Waals surface area contributed by atoms with E-state index in [0.29, 0.717) is 0 Å². The van der Waals surface area contributed by atoms with Crippen LogP contribution in [0.15, 0.2) is 17.3 Å². The fourth-order valence-electron chi connectivity index (χ4n) is 1.01. The van der Waals surface area contributed by atoms with Crippen LogP contribution >= 0.6 is 11.8 Å². The molecule has 2 atom stereocenters. The predicted octanol–water partition coefficient (Wildman–Crippen LogP) is 0.142. The molecule has 52 valence electrons. The lowest BCUT2D eigenvalue weighted by atomic mass is 10.1. The highest BCUT2D eigenvalue weighted by atomic mass is 32.2. The summed E-state index contributed by atoms with van der Waals surface area (Å²) < 4.78 is 0. The molecule has 0 aromatic rings. The van der Waals surface area contributed by atoms with E-state index in [4.69, 9.17) is 0 Å². The first-order chi connectivity index (χ1) is 4.88. The molecule has 4 heteroatoms. The van der Waals surface area contributed by atoms with Crippen molar-refractivity contribution in [2.45, 2.75) is 11.3 Å². The van der Waals surface area contributed by atoms with Gasteiger partial charge in [-0.25, -0.2) is 0 Å². The first-order valence-electron chi connectivity index (χ1n) is 3.02. The largest absolute Gasteiger partial charge is 0.332 e. The number of carbonyl (C=O) groups excluding carboxylic acids is 1. The van der Waals surface area contributed by atoms with Crippen molar-refractivity contribution >= 4 is 23.2 Å². The zero-order valence-corrected chi connectivity index (χ0v) is 5.97. The molecule has 3 nitrogen and oxygen atoms in total. The van der Waals surface area contributed by atoms with Crippen LogP contribution in [0, 0.1) is 0 Å². The van der Waals surface area contributed by atoms with Crippen molar-refractivity contribution in [3.63, 3.8) is 0 Å². The Bertz CT molecular complexity index is 224. The number of hydrogen-bond donors (Lipinski definition) is 1. The molecule has 0 saturated carbocycles. The lowest BCUT2D eigenvalue weighted by molar-refractivity contribution is -0.120. The summed E-state index contributed by atoms with van der Waals surface area (Å²) >= 11 is 1.48. The molecule has 1 amide bonds. The Morgan fingerprint density at radius 1 is 1.70 bits per heavy atom. The molecule has 0 radical (unpaired) electrons. The van der Waals surface area contributed by atoms with Crippen molar-refractivity contribution < 1.29 is 4.79 Å². The summed E-state index contributed by atoms with van der Waals surface area (Å²) in [6, 6.07) is 0.0822. The van der Waals surface area contributed by atoms with Crippen LogP contribution in [0.4, 0.5) is 0 Å². The van der Waals surface area contributed by atoms with E-state index in [9.17, 15) is 4.79 Å². The SMILES string of the molecule is O=C1NC=CC2N=CSC12. The monoisotopic (exact) mass is 154 g/mol. The highest BCUT2D eigenvalue weighted by molar-refractivity contribution is 8.13. The molecule has 0 aromatic heterocycles.